The molecule has 2 aromatic heterocycles. The first-order valence-electron chi connectivity index (χ1n) is 16.4. The van der Waals surface area contributed by atoms with E-state index < -0.39 is 28.5 Å². The second-order valence-corrected chi connectivity index (χ2v) is 15.2. The van der Waals surface area contributed by atoms with Crippen molar-refractivity contribution in [2.24, 2.45) is 0 Å². The van der Waals surface area contributed by atoms with E-state index in [1.807, 2.05) is 12.1 Å². The Morgan fingerprint density at radius 2 is 1.42 bits per heavy atom. The summed E-state index contributed by atoms with van der Waals surface area (Å²) in [6, 6.07) is 8.02. The molecule has 0 radical (unpaired) electrons. The van der Waals surface area contributed by atoms with Crippen molar-refractivity contribution < 1.29 is 14.3 Å². The molecule has 7 N–H and O–H groups in total. The van der Waals surface area contributed by atoms with E-state index in [1.165, 1.54) is 6.20 Å². The van der Waals surface area contributed by atoms with E-state index >= 15 is 0 Å². The Hall–Kier alpha value is -5.53. The van der Waals surface area contributed by atoms with Gasteiger partial charge in [0.1, 0.15) is 18.0 Å². The van der Waals surface area contributed by atoms with Gasteiger partial charge in [0.2, 0.25) is 17.8 Å². The predicted octanol–water partition coefficient (Wildman–Crippen LogP) is 3.43. The summed E-state index contributed by atoms with van der Waals surface area (Å²) in [5.41, 5.74) is 14.5. The topological polar surface area (TPSA) is 213 Å². The Labute approximate surface area is 290 Å². The van der Waals surface area contributed by atoms with Crippen LogP contribution in [0.4, 0.5) is 11.9 Å². The van der Waals surface area contributed by atoms with Crippen LogP contribution in [0.2, 0.25) is 0 Å². The molecule has 2 amide bonds. The zero-order chi connectivity index (χ0) is 36.9. The maximum atomic E-state index is 13.9. The lowest BCUT2D eigenvalue weighted by molar-refractivity contribution is -0.121. The fraction of sp³-hybridized carbons (Fsp3) is 0.417. The van der Waals surface area contributed by atoms with E-state index in [2.05, 4.69) is 98.1 Å². The van der Waals surface area contributed by atoms with Gasteiger partial charge in [-0.25, -0.2) is 4.79 Å². The molecule has 0 fully saturated rings. The number of anilines is 2. The van der Waals surface area contributed by atoms with Gasteiger partial charge in [0.15, 0.2) is 5.82 Å². The van der Waals surface area contributed by atoms with Crippen molar-refractivity contribution >= 4 is 23.7 Å². The molecule has 3 heterocycles. The van der Waals surface area contributed by atoms with Crippen molar-refractivity contribution in [2.75, 3.05) is 24.6 Å². The first-order valence-corrected chi connectivity index (χ1v) is 16.4. The number of H-pyrrole nitrogens is 1. The molecule has 14 nitrogen and oxygen atoms in total. The van der Waals surface area contributed by atoms with Crippen LogP contribution in [-0.4, -0.2) is 49.4 Å². The molecule has 264 valence electrons. The highest BCUT2D eigenvalue weighted by atomic mass is 16.5. The number of nitrogens with one attached hydrogen (secondary N) is 3. The standard InChI is InChI=1S/C36H45N9O5/c1-18-16-45(33(49)43-29(18)47)17-25(46)39-10-11-40-30(48)22-13-20(35(5,6)7)15-24-27(22)50-26-21(28-41-31(37)44-32(38)42-28)12-19(34(2,3)4)14-23(26)36(24,8)9/h12-16H,10-11,17H2,1-9H3,(H,39,46)(H,40,48)(H,43,47,49)(H4,37,38,41,42,44). The van der Waals surface area contributed by atoms with Gasteiger partial charge in [0.05, 0.1) is 11.1 Å². The van der Waals surface area contributed by atoms with E-state index in [1.54, 1.807) is 6.92 Å². The van der Waals surface area contributed by atoms with Crippen LogP contribution in [0.3, 0.4) is 0 Å². The summed E-state index contributed by atoms with van der Waals surface area (Å²) >= 11 is 0. The number of hydrogen-bond acceptors (Lipinski definition) is 10. The summed E-state index contributed by atoms with van der Waals surface area (Å²) in [6.07, 6.45) is 1.33. The van der Waals surface area contributed by atoms with Crippen molar-refractivity contribution in [1.29, 1.82) is 0 Å². The molecular formula is C36H45N9O5. The predicted molar refractivity (Wildman–Crippen MR) is 192 cm³/mol. The molecule has 1 aliphatic heterocycles. The number of ether oxygens (including phenoxy) is 1. The Morgan fingerprint density at radius 1 is 0.860 bits per heavy atom. The number of nitrogens with two attached hydrogens (primary N) is 2. The average molecular weight is 684 g/mol. The molecule has 4 aromatic rings. The second kappa shape index (κ2) is 12.7. The average Bonchev–Trinajstić information content (AvgIpc) is 2.99. The number of carbonyl (C=O) groups excluding carboxylic acids is 2. The van der Waals surface area contributed by atoms with Crippen LogP contribution in [0.15, 0.2) is 40.1 Å². The van der Waals surface area contributed by atoms with E-state index in [4.69, 9.17) is 16.2 Å². The highest BCUT2D eigenvalue weighted by Gasteiger charge is 2.40. The molecule has 0 bridgehead atoms. The number of aromatic nitrogens is 5. The summed E-state index contributed by atoms with van der Waals surface area (Å²) in [5.74, 6) is 0.228. The van der Waals surface area contributed by atoms with Crippen molar-refractivity contribution in [3.63, 3.8) is 0 Å². The normalized spacial score (nSPS) is 13.5. The highest BCUT2D eigenvalue weighted by molar-refractivity contribution is 5.98. The van der Waals surface area contributed by atoms with Gasteiger partial charge in [0, 0.05) is 41.4 Å². The van der Waals surface area contributed by atoms with Crippen LogP contribution < -0.4 is 38.1 Å². The van der Waals surface area contributed by atoms with E-state index in [-0.39, 0.29) is 48.2 Å². The molecular weight excluding hydrogens is 638 g/mol. The van der Waals surface area contributed by atoms with Gasteiger partial charge in [-0.2, -0.15) is 15.0 Å². The van der Waals surface area contributed by atoms with Crippen LogP contribution in [0, 0.1) is 6.92 Å². The first kappa shape index (κ1) is 35.8. The number of carbonyl (C=O) groups is 2. The molecule has 5 rings (SSSR count). The lowest BCUT2D eigenvalue weighted by Crippen LogP contribution is -2.39. The van der Waals surface area contributed by atoms with Gasteiger partial charge in [-0.3, -0.25) is 23.9 Å². The maximum absolute atomic E-state index is 13.9. The molecule has 0 spiro atoms. The number of nitrogens with zero attached hydrogens (tertiary/aromatic N) is 4. The smallest absolute Gasteiger partial charge is 0.328 e. The Kier molecular flexibility index (Phi) is 9.11. The van der Waals surface area contributed by atoms with E-state index in [0.29, 0.717) is 28.2 Å². The minimum absolute atomic E-state index is 0.0271. The van der Waals surface area contributed by atoms with Crippen LogP contribution in [0.5, 0.6) is 11.5 Å². The number of benzene rings is 2. The minimum Gasteiger partial charge on any atom is -0.455 e. The third-order valence-corrected chi connectivity index (χ3v) is 8.85. The fourth-order valence-electron chi connectivity index (χ4n) is 5.80. The van der Waals surface area contributed by atoms with Gasteiger partial charge >= 0.3 is 5.69 Å². The molecule has 1 aliphatic rings. The molecule has 50 heavy (non-hydrogen) atoms. The van der Waals surface area contributed by atoms with E-state index in [9.17, 15) is 19.2 Å². The van der Waals surface area contributed by atoms with Gasteiger partial charge in [-0.05, 0) is 41.0 Å². The number of rotatable bonds is 7. The molecule has 0 unspecified atom stereocenters. The molecule has 0 atom stereocenters. The summed E-state index contributed by atoms with van der Waals surface area (Å²) in [4.78, 5) is 65.1. The van der Waals surface area contributed by atoms with Gasteiger partial charge in [0.25, 0.3) is 11.5 Å². The largest absolute Gasteiger partial charge is 0.455 e. The molecule has 0 aliphatic carbocycles. The van der Waals surface area contributed by atoms with Crippen LogP contribution in [0.25, 0.3) is 11.4 Å². The monoisotopic (exact) mass is 683 g/mol. The summed E-state index contributed by atoms with van der Waals surface area (Å²) in [6.45, 7) is 18.2. The number of amides is 2. The Morgan fingerprint density at radius 3 is 2.02 bits per heavy atom. The summed E-state index contributed by atoms with van der Waals surface area (Å²) in [5, 5.41) is 5.60. The van der Waals surface area contributed by atoms with Crippen LogP contribution in [-0.2, 0) is 27.6 Å². The number of fused-ring (bicyclic) bond motifs is 2. The van der Waals surface area contributed by atoms with Crippen molar-refractivity contribution in [3.8, 4) is 22.9 Å². The summed E-state index contributed by atoms with van der Waals surface area (Å²) < 4.78 is 7.85. The third-order valence-electron chi connectivity index (χ3n) is 8.85. The highest BCUT2D eigenvalue weighted by Crippen LogP contribution is 2.54. The zero-order valence-electron chi connectivity index (χ0n) is 30.0. The van der Waals surface area contributed by atoms with Crippen LogP contribution >= 0.6 is 0 Å². The quantitative estimate of drug-likeness (QED) is 0.179. The molecule has 0 saturated carbocycles. The molecule has 2 aromatic carbocycles. The fourth-order valence-corrected chi connectivity index (χ4v) is 5.80. The lowest BCUT2D eigenvalue weighted by atomic mass is 9.70. The van der Waals surface area contributed by atoms with Gasteiger partial charge in [-0.15, -0.1) is 0 Å². The van der Waals surface area contributed by atoms with Gasteiger partial charge in [-0.1, -0.05) is 67.5 Å². The minimum atomic E-state index is -0.683. The Balaban J connectivity index is 1.50. The van der Waals surface area contributed by atoms with Crippen molar-refractivity contribution in [2.45, 2.75) is 85.1 Å². The van der Waals surface area contributed by atoms with Gasteiger partial charge < -0.3 is 26.8 Å². The Bertz CT molecular complexity index is 2120. The van der Waals surface area contributed by atoms with Crippen molar-refractivity contribution in [1.82, 2.24) is 35.1 Å². The zero-order valence-corrected chi connectivity index (χ0v) is 30.0. The van der Waals surface area contributed by atoms with Crippen molar-refractivity contribution in [3.05, 3.63) is 84.7 Å². The van der Waals surface area contributed by atoms with E-state index in [0.717, 1.165) is 26.8 Å². The molecule has 0 saturated heterocycles. The maximum Gasteiger partial charge on any atom is 0.328 e. The number of nitrogen functional groups attached to an aromatic ring is 2. The van der Waals surface area contributed by atoms with Crippen LogP contribution in [0.1, 0.15) is 93.6 Å². The third kappa shape index (κ3) is 7.09. The number of aromatic amines is 1. The number of aryl methyl sites for hydroxylation is 1. The first-order chi connectivity index (χ1) is 23.2. The summed E-state index contributed by atoms with van der Waals surface area (Å²) in [7, 11) is 0. The number of hydrogen-bond donors (Lipinski definition) is 5. The SMILES string of the molecule is Cc1cn(CC(=O)NCCNC(=O)c2cc(C(C)(C)C)cc3c2Oc2c(-c4nc(N)nc(N)n4)cc(C(C)(C)C)cc2C3(C)C)c(=O)[nH]c1=O. The molecule has 14 heteroatoms. The lowest BCUT2D eigenvalue weighted by Gasteiger charge is -2.38. The second-order valence-electron chi connectivity index (χ2n) is 15.2.